The van der Waals surface area contributed by atoms with Crippen molar-refractivity contribution in [1.82, 2.24) is 0 Å². The average molecular weight is 226 g/mol. The summed E-state index contributed by atoms with van der Waals surface area (Å²) in [6.07, 6.45) is 9.58. The number of hydrogen-bond acceptors (Lipinski definition) is 2. The van der Waals surface area contributed by atoms with Crippen molar-refractivity contribution in [1.29, 1.82) is 0 Å². The second-order valence-electron chi connectivity index (χ2n) is 5.32. The zero-order valence-electron chi connectivity index (χ0n) is 9.76. The molecular weight excluding hydrogens is 204 g/mol. The van der Waals surface area contributed by atoms with E-state index < -0.39 is 0 Å². The molecule has 2 fully saturated rings. The van der Waals surface area contributed by atoms with Gasteiger partial charge in [0, 0.05) is 19.4 Å². The van der Waals surface area contributed by atoms with E-state index in [-0.39, 0.29) is 0 Å². The summed E-state index contributed by atoms with van der Waals surface area (Å²) in [7, 11) is 0.808. The quantitative estimate of drug-likeness (QED) is 0.669. The summed E-state index contributed by atoms with van der Waals surface area (Å²) in [6, 6.07) is 0. The molecule has 0 heterocycles. The van der Waals surface area contributed by atoms with Crippen molar-refractivity contribution in [2.75, 3.05) is 6.61 Å². The first-order chi connectivity index (χ1) is 7.27. The second-order valence-corrected chi connectivity index (χ2v) is 5.90. The van der Waals surface area contributed by atoms with Crippen LogP contribution in [0, 0.1) is 11.3 Å². The molecule has 86 valence electrons. The monoisotopic (exact) mass is 226 g/mol. The van der Waals surface area contributed by atoms with Crippen LogP contribution in [0.5, 0.6) is 0 Å². The van der Waals surface area contributed by atoms with Gasteiger partial charge in [0.15, 0.2) is 0 Å². The van der Waals surface area contributed by atoms with Crippen molar-refractivity contribution in [3.8, 4) is 0 Å². The van der Waals surface area contributed by atoms with Gasteiger partial charge in [-0.25, -0.2) is 0 Å². The lowest BCUT2D eigenvalue weighted by Crippen LogP contribution is -2.40. The molecule has 0 N–H and O–H groups in total. The third kappa shape index (κ3) is 2.34. The van der Waals surface area contributed by atoms with Crippen LogP contribution < -0.4 is 0 Å². The van der Waals surface area contributed by atoms with Crippen LogP contribution in [0.4, 0.5) is 0 Å². The molecule has 2 nitrogen and oxygen atoms in total. The van der Waals surface area contributed by atoms with Gasteiger partial charge >= 0.3 is 0 Å². The smallest absolute Gasteiger partial charge is 0.145 e. The van der Waals surface area contributed by atoms with Crippen LogP contribution in [0.3, 0.4) is 0 Å². The fourth-order valence-electron chi connectivity index (χ4n) is 3.54. The van der Waals surface area contributed by atoms with Crippen LogP contribution in [-0.2, 0) is 9.22 Å². The highest BCUT2D eigenvalue weighted by molar-refractivity contribution is 5.98. The van der Waals surface area contributed by atoms with Crippen molar-refractivity contribution in [2.24, 2.45) is 11.3 Å². The molecule has 1 atom stereocenters. The van der Waals surface area contributed by atoms with Gasteiger partial charge in [0.05, 0.1) is 0 Å². The van der Waals surface area contributed by atoms with Crippen LogP contribution in [0.15, 0.2) is 0 Å². The van der Waals surface area contributed by atoms with E-state index in [9.17, 15) is 4.79 Å². The van der Waals surface area contributed by atoms with Crippen LogP contribution in [-0.4, -0.2) is 22.9 Å². The van der Waals surface area contributed by atoms with Gasteiger partial charge in [0.2, 0.25) is 0 Å². The van der Waals surface area contributed by atoms with Crippen molar-refractivity contribution in [3.63, 3.8) is 0 Å². The normalized spacial score (nSPS) is 30.9. The number of carbonyl (C=O) groups is 1. The van der Waals surface area contributed by atoms with Crippen LogP contribution in [0.2, 0.25) is 0 Å². The summed E-state index contributed by atoms with van der Waals surface area (Å²) < 4.78 is 5.44. The molecule has 0 amide bonds. The van der Waals surface area contributed by atoms with E-state index in [1.165, 1.54) is 32.1 Å². The number of hydrogen-bond donors (Lipinski definition) is 0. The summed E-state index contributed by atoms with van der Waals surface area (Å²) in [4.78, 5) is 11.5. The Morgan fingerprint density at radius 2 is 2.00 bits per heavy atom. The molecule has 1 spiro atoms. The van der Waals surface area contributed by atoms with E-state index in [1.807, 2.05) is 0 Å². The maximum absolute atomic E-state index is 11.5. The summed E-state index contributed by atoms with van der Waals surface area (Å²) in [6.45, 7) is 0.845. The molecule has 2 saturated carbocycles. The summed E-state index contributed by atoms with van der Waals surface area (Å²) in [5.74, 6) is 1.01. The van der Waals surface area contributed by atoms with E-state index in [2.05, 4.69) is 0 Å². The van der Waals surface area contributed by atoms with Crippen molar-refractivity contribution in [3.05, 3.63) is 0 Å². The predicted octanol–water partition coefficient (Wildman–Crippen LogP) is 1.60. The maximum Gasteiger partial charge on any atom is 0.145 e. The molecule has 15 heavy (non-hydrogen) atoms. The van der Waals surface area contributed by atoms with Gasteiger partial charge in [-0.3, -0.25) is 4.79 Å². The highest BCUT2D eigenvalue weighted by atomic mass is 28.2. The van der Waals surface area contributed by atoms with E-state index in [0.717, 1.165) is 36.4 Å². The molecule has 0 saturated heterocycles. The SMILES string of the molecule is O=C1CCC2(CCCCC2)C(CO[SiH3])C1. The second kappa shape index (κ2) is 4.79. The Morgan fingerprint density at radius 1 is 1.27 bits per heavy atom. The Morgan fingerprint density at radius 3 is 2.67 bits per heavy atom. The Labute approximate surface area is 95.3 Å². The molecule has 3 heteroatoms. The molecule has 2 aliphatic carbocycles. The van der Waals surface area contributed by atoms with Crippen LogP contribution in [0.25, 0.3) is 0 Å². The van der Waals surface area contributed by atoms with Gasteiger partial charge in [-0.05, 0) is 30.6 Å². The topological polar surface area (TPSA) is 26.3 Å². The third-order valence-corrected chi connectivity index (χ3v) is 4.79. The Hall–Kier alpha value is -0.153. The van der Waals surface area contributed by atoms with E-state index >= 15 is 0 Å². The lowest BCUT2D eigenvalue weighted by atomic mass is 9.59. The standard InChI is InChI=1S/C12H22O2Si/c13-11-4-7-12(5-2-1-3-6-12)10(8-11)9-14-15/h10H,1-9H2,15H3. The van der Waals surface area contributed by atoms with Gasteiger partial charge < -0.3 is 4.43 Å². The van der Waals surface area contributed by atoms with Crippen molar-refractivity contribution < 1.29 is 9.22 Å². The van der Waals surface area contributed by atoms with E-state index in [0.29, 0.717) is 17.1 Å². The molecule has 0 bridgehead atoms. The third-order valence-electron chi connectivity index (χ3n) is 4.46. The fourth-order valence-corrected chi connectivity index (χ4v) is 3.94. The van der Waals surface area contributed by atoms with Crippen molar-refractivity contribution >= 4 is 16.3 Å². The van der Waals surface area contributed by atoms with Crippen molar-refractivity contribution in [2.45, 2.75) is 51.4 Å². The average Bonchev–Trinajstić information content (AvgIpc) is 2.26. The number of carbonyl (C=O) groups excluding carboxylic acids is 1. The number of rotatable bonds is 2. The largest absolute Gasteiger partial charge is 0.428 e. The number of ketones is 1. The maximum atomic E-state index is 11.5. The highest BCUT2D eigenvalue weighted by Gasteiger charge is 2.43. The molecule has 0 aromatic carbocycles. The molecular formula is C12H22O2Si. The van der Waals surface area contributed by atoms with Gasteiger partial charge in [0.25, 0.3) is 0 Å². The Balaban J connectivity index is 2.08. The summed E-state index contributed by atoms with van der Waals surface area (Å²) in [5.41, 5.74) is 0.483. The van der Waals surface area contributed by atoms with Gasteiger partial charge in [-0.1, -0.05) is 19.3 Å². The lowest BCUT2D eigenvalue weighted by Gasteiger charge is -2.46. The minimum atomic E-state index is 0.468. The minimum Gasteiger partial charge on any atom is -0.428 e. The molecule has 0 aromatic heterocycles. The van der Waals surface area contributed by atoms with E-state index in [4.69, 9.17) is 4.43 Å². The first kappa shape index (κ1) is 11.3. The molecule has 0 radical (unpaired) electrons. The van der Waals surface area contributed by atoms with Crippen LogP contribution in [0.1, 0.15) is 51.4 Å². The molecule has 1 unspecified atom stereocenters. The molecule has 2 rings (SSSR count). The number of Topliss-reactive ketones (excluding diaryl/α,β-unsaturated/α-hetero) is 1. The Kier molecular flexibility index (Phi) is 3.62. The summed E-state index contributed by atoms with van der Waals surface area (Å²) in [5, 5.41) is 0. The first-order valence-corrected chi connectivity index (χ1v) is 7.09. The van der Waals surface area contributed by atoms with E-state index in [1.54, 1.807) is 0 Å². The molecule has 2 aliphatic rings. The predicted molar refractivity (Wildman–Crippen MR) is 63.8 cm³/mol. The lowest BCUT2D eigenvalue weighted by molar-refractivity contribution is -0.127. The first-order valence-electron chi connectivity index (χ1n) is 6.27. The zero-order chi connectivity index (χ0) is 10.7. The zero-order valence-corrected chi connectivity index (χ0v) is 11.8. The fraction of sp³-hybridized carbons (Fsp3) is 0.917. The molecule has 0 aliphatic heterocycles. The Bertz CT molecular complexity index is 234. The van der Waals surface area contributed by atoms with Gasteiger partial charge in [-0.15, -0.1) is 0 Å². The van der Waals surface area contributed by atoms with Gasteiger partial charge in [0.1, 0.15) is 16.3 Å². The highest BCUT2D eigenvalue weighted by Crippen LogP contribution is 2.50. The minimum absolute atomic E-state index is 0.468. The summed E-state index contributed by atoms with van der Waals surface area (Å²) >= 11 is 0. The van der Waals surface area contributed by atoms with Crippen LogP contribution >= 0.6 is 0 Å². The van der Waals surface area contributed by atoms with Gasteiger partial charge in [-0.2, -0.15) is 0 Å². The molecule has 0 aromatic rings.